The lowest BCUT2D eigenvalue weighted by atomic mass is 10.1. The Morgan fingerprint density at radius 3 is 2.64 bits per heavy atom. The van der Waals surface area contributed by atoms with E-state index < -0.39 is 27.6 Å². The van der Waals surface area contributed by atoms with Crippen molar-refractivity contribution in [3.8, 4) is 0 Å². The minimum Gasteiger partial charge on any atom is -0.365 e. The molecule has 36 heavy (non-hydrogen) atoms. The van der Waals surface area contributed by atoms with Gasteiger partial charge in [0.15, 0.2) is 0 Å². The van der Waals surface area contributed by atoms with Crippen molar-refractivity contribution in [1.82, 2.24) is 15.0 Å². The van der Waals surface area contributed by atoms with Crippen molar-refractivity contribution in [2.45, 2.75) is 26.1 Å². The molecule has 0 bridgehead atoms. The van der Waals surface area contributed by atoms with E-state index in [1.165, 1.54) is 19.3 Å². The van der Waals surface area contributed by atoms with Crippen LogP contribution in [0.25, 0.3) is 0 Å². The van der Waals surface area contributed by atoms with Crippen molar-refractivity contribution in [2.75, 3.05) is 33.6 Å². The van der Waals surface area contributed by atoms with Gasteiger partial charge in [0.05, 0.1) is 35.4 Å². The number of nitrogens with zero attached hydrogens (tertiary/aromatic N) is 4. The van der Waals surface area contributed by atoms with Crippen LogP contribution in [0.5, 0.6) is 0 Å². The Kier molecular flexibility index (Phi) is 6.47. The van der Waals surface area contributed by atoms with E-state index in [2.05, 4.69) is 30.9 Å². The van der Waals surface area contributed by atoms with E-state index in [0.717, 1.165) is 16.1 Å². The third-order valence-corrected chi connectivity index (χ3v) is 6.71. The summed E-state index contributed by atoms with van der Waals surface area (Å²) in [6, 6.07) is 6.65. The Morgan fingerprint density at radius 2 is 1.94 bits per heavy atom. The van der Waals surface area contributed by atoms with Gasteiger partial charge in [-0.1, -0.05) is 12.1 Å². The van der Waals surface area contributed by atoms with Crippen molar-refractivity contribution in [3.05, 3.63) is 59.0 Å². The highest BCUT2D eigenvalue weighted by Crippen LogP contribution is 2.36. The fourth-order valence-electron chi connectivity index (χ4n) is 3.60. The van der Waals surface area contributed by atoms with Gasteiger partial charge in [0, 0.05) is 26.0 Å². The number of para-hydroxylation sites is 1. The molecular weight excluding hydrogens is 499 g/mol. The molecule has 10 nitrogen and oxygen atoms in total. The van der Waals surface area contributed by atoms with Gasteiger partial charge in [-0.3, -0.25) is 14.1 Å². The standard InChI is InChI=1S/C22H22F3N7O3S/c1-12-17(32(2)36(3,34)35)7-13(9-26-12)10-27-20-15(22(23,24)25)11-28-21(31-20)29-16-6-4-5-14-8-18(33)30-19(14)16/h4-7,9,11H,8,10H2,1-3H3,(H,30,33)(H2,27,28,29,31). The molecule has 0 aliphatic carbocycles. The van der Waals surface area contributed by atoms with Crippen molar-refractivity contribution >= 4 is 44.8 Å². The minimum atomic E-state index is -4.73. The van der Waals surface area contributed by atoms with Crippen molar-refractivity contribution in [3.63, 3.8) is 0 Å². The molecule has 2 aromatic heterocycles. The van der Waals surface area contributed by atoms with Crippen LogP contribution >= 0.6 is 0 Å². The third kappa shape index (κ3) is 5.32. The summed E-state index contributed by atoms with van der Waals surface area (Å²) in [6.07, 6.45) is -1.39. The number of benzene rings is 1. The number of carbonyl (C=O) groups is 1. The molecule has 0 fully saturated rings. The van der Waals surface area contributed by atoms with E-state index in [-0.39, 0.29) is 24.8 Å². The SMILES string of the molecule is Cc1ncc(CNc2nc(Nc3cccc4c3NC(=O)C4)ncc2C(F)(F)F)cc1N(C)S(C)(=O)=O. The molecule has 0 saturated heterocycles. The van der Waals surface area contributed by atoms with Crippen molar-refractivity contribution in [1.29, 1.82) is 0 Å². The first kappa shape index (κ1) is 25.2. The molecule has 0 saturated carbocycles. The van der Waals surface area contributed by atoms with Gasteiger partial charge in [-0.15, -0.1) is 0 Å². The average molecular weight is 522 g/mol. The molecule has 0 radical (unpaired) electrons. The van der Waals surface area contributed by atoms with Gasteiger partial charge in [0.1, 0.15) is 11.4 Å². The quantitative estimate of drug-likeness (QED) is 0.431. The fraction of sp³-hybridized carbons (Fsp3) is 0.273. The lowest BCUT2D eigenvalue weighted by molar-refractivity contribution is -0.137. The van der Waals surface area contributed by atoms with E-state index in [0.29, 0.717) is 34.5 Å². The number of nitrogens with one attached hydrogen (secondary N) is 3. The van der Waals surface area contributed by atoms with Crippen LogP contribution in [0.4, 0.5) is 42.0 Å². The molecular formula is C22H22F3N7O3S. The summed E-state index contributed by atoms with van der Waals surface area (Å²) in [5.74, 6) is -0.780. The number of aromatic nitrogens is 3. The van der Waals surface area contributed by atoms with Crippen LogP contribution in [0, 0.1) is 6.92 Å². The minimum absolute atomic E-state index is 0.112. The normalized spacial score (nSPS) is 13.2. The second-order valence-corrected chi connectivity index (χ2v) is 10.2. The van der Waals surface area contributed by atoms with E-state index in [4.69, 9.17) is 0 Å². The molecule has 4 rings (SSSR count). The Morgan fingerprint density at radius 1 is 1.19 bits per heavy atom. The molecule has 1 aromatic carbocycles. The molecule has 1 amide bonds. The van der Waals surface area contributed by atoms with Gasteiger partial charge in [0.25, 0.3) is 0 Å². The van der Waals surface area contributed by atoms with E-state index in [9.17, 15) is 26.4 Å². The second-order valence-electron chi connectivity index (χ2n) is 8.18. The average Bonchev–Trinajstić information content (AvgIpc) is 3.18. The van der Waals surface area contributed by atoms with Gasteiger partial charge in [-0.25, -0.2) is 13.4 Å². The number of fused-ring (bicyclic) bond motifs is 1. The van der Waals surface area contributed by atoms with Crippen LogP contribution in [0.2, 0.25) is 0 Å². The second kappa shape index (κ2) is 9.26. The highest BCUT2D eigenvalue weighted by Gasteiger charge is 2.35. The number of halogens is 3. The smallest absolute Gasteiger partial charge is 0.365 e. The summed E-state index contributed by atoms with van der Waals surface area (Å²) in [6.45, 7) is 1.51. The number of carbonyl (C=O) groups excluding carboxylic acids is 1. The molecule has 190 valence electrons. The maximum atomic E-state index is 13.6. The number of hydrogen-bond donors (Lipinski definition) is 3. The number of sulfonamides is 1. The molecule has 14 heteroatoms. The van der Waals surface area contributed by atoms with Gasteiger partial charge in [0.2, 0.25) is 21.9 Å². The number of anilines is 5. The van der Waals surface area contributed by atoms with Crippen LogP contribution in [0.3, 0.4) is 0 Å². The first-order chi connectivity index (χ1) is 16.8. The van der Waals surface area contributed by atoms with Crippen LogP contribution in [0.15, 0.2) is 36.7 Å². The van der Waals surface area contributed by atoms with Crippen molar-refractivity contribution < 1.29 is 26.4 Å². The maximum Gasteiger partial charge on any atom is 0.421 e. The van der Waals surface area contributed by atoms with E-state index in [1.54, 1.807) is 25.1 Å². The molecule has 1 aliphatic rings. The molecule has 1 aliphatic heterocycles. The van der Waals surface area contributed by atoms with Crippen molar-refractivity contribution in [2.24, 2.45) is 0 Å². The Hall–Kier alpha value is -3.94. The number of rotatable bonds is 7. The lowest BCUT2D eigenvalue weighted by Gasteiger charge is -2.20. The summed E-state index contributed by atoms with van der Waals surface area (Å²) in [5.41, 5.74) is 1.83. The molecule has 3 aromatic rings. The lowest BCUT2D eigenvalue weighted by Crippen LogP contribution is -2.26. The first-order valence-electron chi connectivity index (χ1n) is 10.6. The predicted octanol–water partition coefficient (Wildman–Crippen LogP) is 3.44. The molecule has 0 atom stereocenters. The monoisotopic (exact) mass is 521 g/mol. The maximum absolute atomic E-state index is 13.6. The van der Waals surface area contributed by atoms with Gasteiger partial charge >= 0.3 is 6.18 Å². The summed E-state index contributed by atoms with van der Waals surface area (Å²) in [5, 5.41) is 8.22. The number of pyridine rings is 1. The zero-order chi connectivity index (χ0) is 26.3. The van der Waals surface area contributed by atoms with E-state index in [1.807, 2.05) is 0 Å². The van der Waals surface area contributed by atoms with Crippen LogP contribution in [-0.4, -0.2) is 42.6 Å². The predicted molar refractivity (Wildman–Crippen MR) is 129 cm³/mol. The topological polar surface area (TPSA) is 129 Å². The van der Waals surface area contributed by atoms with Gasteiger partial charge in [-0.2, -0.15) is 18.2 Å². The highest BCUT2D eigenvalue weighted by atomic mass is 32.2. The summed E-state index contributed by atoms with van der Waals surface area (Å²) >= 11 is 0. The van der Waals surface area contributed by atoms with Crippen LogP contribution in [0.1, 0.15) is 22.4 Å². The number of aryl methyl sites for hydroxylation is 1. The van der Waals surface area contributed by atoms with Gasteiger partial charge < -0.3 is 16.0 Å². The molecule has 3 heterocycles. The molecule has 0 spiro atoms. The molecule has 3 N–H and O–H groups in total. The van der Waals surface area contributed by atoms with Crippen LogP contribution < -0.4 is 20.3 Å². The Labute approximate surface area is 205 Å². The Balaban J connectivity index is 1.62. The third-order valence-electron chi connectivity index (χ3n) is 5.52. The zero-order valence-electron chi connectivity index (χ0n) is 19.4. The largest absolute Gasteiger partial charge is 0.421 e. The molecule has 0 unspecified atom stereocenters. The first-order valence-corrected chi connectivity index (χ1v) is 12.4. The number of amides is 1. The highest BCUT2D eigenvalue weighted by molar-refractivity contribution is 7.92. The van der Waals surface area contributed by atoms with Crippen LogP contribution in [-0.2, 0) is 34.0 Å². The van der Waals surface area contributed by atoms with E-state index >= 15 is 0 Å². The zero-order valence-corrected chi connectivity index (χ0v) is 20.3. The number of alkyl halides is 3. The van der Waals surface area contributed by atoms with Gasteiger partial charge in [-0.05, 0) is 30.2 Å². The summed E-state index contributed by atoms with van der Waals surface area (Å²) in [4.78, 5) is 23.7. The fourth-order valence-corrected chi connectivity index (χ4v) is 4.15. The Bertz CT molecular complexity index is 1450. The summed E-state index contributed by atoms with van der Waals surface area (Å²) in [7, 11) is -2.20. The summed E-state index contributed by atoms with van der Waals surface area (Å²) < 4.78 is 65.8. The number of hydrogen-bond acceptors (Lipinski definition) is 8.